The maximum absolute atomic E-state index is 12.2. The number of sulfonamides is 1. The van der Waals surface area contributed by atoms with Crippen LogP contribution >= 0.6 is 0 Å². The highest BCUT2D eigenvalue weighted by molar-refractivity contribution is 7.89. The molecule has 0 unspecified atom stereocenters. The second kappa shape index (κ2) is 5.83. The SMILES string of the molecule is CCCN(C/C(N)=N/O)S(=O)(=O)c1cnc(C)[nH]1. The molecule has 0 fully saturated rings. The van der Waals surface area contributed by atoms with E-state index in [0.717, 1.165) is 4.31 Å². The van der Waals surface area contributed by atoms with Gasteiger partial charge in [0.15, 0.2) is 10.9 Å². The first-order valence-electron chi connectivity index (χ1n) is 5.40. The van der Waals surface area contributed by atoms with Crippen molar-refractivity contribution in [3.63, 3.8) is 0 Å². The third-order valence-electron chi connectivity index (χ3n) is 2.24. The number of rotatable bonds is 6. The quantitative estimate of drug-likeness (QED) is 0.288. The van der Waals surface area contributed by atoms with Crippen LogP contribution in [0.1, 0.15) is 19.2 Å². The van der Waals surface area contributed by atoms with E-state index in [1.54, 1.807) is 6.92 Å². The third kappa shape index (κ3) is 3.20. The number of aryl methyl sites for hydroxylation is 1. The molecule has 0 aliphatic carbocycles. The molecule has 1 rings (SSSR count). The molecule has 9 heteroatoms. The Morgan fingerprint density at radius 3 is 2.78 bits per heavy atom. The maximum Gasteiger partial charge on any atom is 0.260 e. The molecule has 1 aromatic heterocycles. The first-order chi connectivity index (χ1) is 8.41. The van der Waals surface area contributed by atoms with Crippen molar-refractivity contribution in [2.45, 2.75) is 25.3 Å². The number of aromatic amines is 1. The predicted octanol–water partition coefficient (Wildman–Crippen LogP) is -0.135. The molecule has 1 heterocycles. The predicted molar refractivity (Wildman–Crippen MR) is 65.8 cm³/mol. The van der Waals surface area contributed by atoms with E-state index in [1.807, 2.05) is 6.92 Å². The fourth-order valence-electron chi connectivity index (χ4n) is 1.41. The highest BCUT2D eigenvalue weighted by Crippen LogP contribution is 2.13. The molecule has 102 valence electrons. The molecule has 0 atom stereocenters. The minimum atomic E-state index is -3.70. The highest BCUT2D eigenvalue weighted by Gasteiger charge is 2.26. The molecule has 18 heavy (non-hydrogen) atoms. The van der Waals surface area contributed by atoms with Gasteiger partial charge in [-0.05, 0) is 13.3 Å². The van der Waals surface area contributed by atoms with E-state index in [4.69, 9.17) is 10.9 Å². The van der Waals surface area contributed by atoms with Crippen LogP contribution in [-0.2, 0) is 10.0 Å². The summed E-state index contributed by atoms with van der Waals surface area (Å²) in [6.45, 7) is 3.61. The summed E-state index contributed by atoms with van der Waals surface area (Å²) in [6.07, 6.45) is 1.87. The first kappa shape index (κ1) is 14.5. The number of oxime groups is 1. The van der Waals surface area contributed by atoms with Crippen LogP contribution in [-0.4, -0.2) is 46.8 Å². The number of imidazole rings is 1. The van der Waals surface area contributed by atoms with Crippen LogP contribution < -0.4 is 5.73 Å². The van der Waals surface area contributed by atoms with Crippen LogP contribution in [0.2, 0.25) is 0 Å². The topological polar surface area (TPSA) is 125 Å². The molecular weight excluding hydrogens is 258 g/mol. The van der Waals surface area contributed by atoms with Crippen molar-refractivity contribution in [1.82, 2.24) is 14.3 Å². The van der Waals surface area contributed by atoms with Crippen molar-refractivity contribution in [3.8, 4) is 0 Å². The van der Waals surface area contributed by atoms with Crippen molar-refractivity contribution >= 4 is 15.9 Å². The van der Waals surface area contributed by atoms with Gasteiger partial charge in [0.2, 0.25) is 0 Å². The smallest absolute Gasteiger partial charge is 0.260 e. The second-order valence-corrected chi connectivity index (χ2v) is 5.67. The fourth-order valence-corrected chi connectivity index (χ4v) is 2.88. The number of nitrogens with zero attached hydrogens (tertiary/aromatic N) is 3. The molecule has 0 amide bonds. The molecule has 1 aromatic rings. The third-order valence-corrected chi connectivity index (χ3v) is 3.99. The zero-order valence-corrected chi connectivity index (χ0v) is 11.1. The van der Waals surface area contributed by atoms with E-state index in [9.17, 15) is 8.42 Å². The standard InChI is InChI=1S/C9H17N5O3S/c1-3-4-14(6-8(10)13-15)18(16,17)9-5-11-7(2)12-9/h5,15H,3-4,6H2,1-2H3,(H2,10,13)(H,11,12). The van der Waals surface area contributed by atoms with Crippen LogP contribution in [0.25, 0.3) is 0 Å². The molecule has 8 nitrogen and oxygen atoms in total. The van der Waals surface area contributed by atoms with Crippen LogP contribution in [0, 0.1) is 6.92 Å². The van der Waals surface area contributed by atoms with Gasteiger partial charge in [-0.25, -0.2) is 13.4 Å². The Morgan fingerprint density at radius 1 is 1.67 bits per heavy atom. The van der Waals surface area contributed by atoms with E-state index in [2.05, 4.69) is 15.1 Å². The Balaban J connectivity index is 3.04. The van der Waals surface area contributed by atoms with Crippen molar-refractivity contribution < 1.29 is 13.6 Å². The van der Waals surface area contributed by atoms with Gasteiger partial charge in [-0.3, -0.25) is 0 Å². The Labute approximate surface area is 106 Å². The largest absolute Gasteiger partial charge is 0.409 e. The monoisotopic (exact) mass is 275 g/mol. The molecule has 0 saturated heterocycles. The molecule has 0 aromatic carbocycles. The first-order valence-corrected chi connectivity index (χ1v) is 6.84. The van der Waals surface area contributed by atoms with E-state index in [1.165, 1.54) is 6.20 Å². The number of aromatic nitrogens is 2. The number of amidine groups is 1. The lowest BCUT2D eigenvalue weighted by Gasteiger charge is -2.19. The lowest BCUT2D eigenvalue weighted by atomic mass is 10.4. The van der Waals surface area contributed by atoms with Gasteiger partial charge in [0.05, 0.1) is 12.7 Å². The van der Waals surface area contributed by atoms with Crippen LogP contribution in [0.4, 0.5) is 0 Å². The molecule has 0 saturated carbocycles. The van der Waals surface area contributed by atoms with Crippen LogP contribution in [0.15, 0.2) is 16.4 Å². The second-order valence-electron chi connectivity index (χ2n) is 3.76. The minimum absolute atomic E-state index is 0.000750. The number of hydrogen-bond donors (Lipinski definition) is 3. The van der Waals surface area contributed by atoms with Gasteiger partial charge in [-0.1, -0.05) is 12.1 Å². The maximum atomic E-state index is 12.2. The van der Waals surface area contributed by atoms with E-state index in [-0.39, 0.29) is 24.0 Å². The summed E-state index contributed by atoms with van der Waals surface area (Å²) in [6, 6.07) is 0. The zero-order valence-electron chi connectivity index (χ0n) is 10.3. The summed E-state index contributed by atoms with van der Waals surface area (Å²) in [5.74, 6) is 0.345. The minimum Gasteiger partial charge on any atom is -0.409 e. The van der Waals surface area contributed by atoms with Crippen LogP contribution in [0.5, 0.6) is 0 Å². The van der Waals surface area contributed by atoms with Gasteiger partial charge < -0.3 is 15.9 Å². The number of hydrogen-bond acceptors (Lipinski definition) is 5. The lowest BCUT2D eigenvalue weighted by Crippen LogP contribution is -2.39. The van der Waals surface area contributed by atoms with Gasteiger partial charge >= 0.3 is 0 Å². The summed E-state index contributed by atoms with van der Waals surface area (Å²) in [7, 11) is -3.70. The lowest BCUT2D eigenvalue weighted by molar-refractivity contribution is 0.314. The van der Waals surface area contributed by atoms with E-state index >= 15 is 0 Å². The highest BCUT2D eigenvalue weighted by atomic mass is 32.2. The Hall–Kier alpha value is -1.61. The zero-order chi connectivity index (χ0) is 13.8. The molecular formula is C9H17N5O3S. The number of H-pyrrole nitrogens is 1. The Kier molecular flexibility index (Phi) is 4.68. The van der Waals surface area contributed by atoms with Gasteiger partial charge in [0.1, 0.15) is 5.82 Å². The average molecular weight is 275 g/mol. The van der Waals surface area contributed by atoms with Crippen LogP contribution in [0.3, 0.4) is 0 Å². The Bertz CT molecular complexity index is 522. The molecule has 0 spiro atoms. The van der Waals surface area contributed by atoms with Gasteiger partial charge in [0, 0.05) is 6.54 Å². The summed E-state index contributed by atoms with van der Waals surface area (Å²) in [5.41, 5.74) is 5.35. The molecule has 0 bridgehead atoms. The van der Waals surface area contributed by atoms with Gasteiger partial charge in [0.25, 0.3) is 10.0 Å². The molecule has 0 aliphatic heterocycles. The normalized spacial score (nSPS) is 13.2. The Morgan fingerprint density at radius 2 is 2.33 bits per heavy atom. The molecule has 0 aliphatic rings. The number of nitrogens with one attached hydrogen (secondary N) is 1. The average Bonchev–Trinajstić information content (AvgIpc) is 2.75. The van der Waals surface area contributed by atoms with E-state index < -0.39 is 10.0 Å². The van der Waals surface area contributed by atoms with Gasteiger partial charge in [-0.2, -0.15) is 4.31 Å². The van der Waals surface area contributed by atoms with Crippen molar-refractivity contribution in [2.24, 2.45) is 10.9 Å². The molecule has 0 radical (unpaired) electrons. The van der Waals surface area contributed by atoms with Crippen molar-refractivity contribution in [1.29, 1.82) is 0 Å². The van der Waals surface area contributed by atoms with Crippen molar-refractivity contribution in [2.75, 3.05) is 13.1 Å². The number of nitrogens with two attached hydrogens (primary N) is 1. The molecule has 4 N–H and O–H groups in total. The summed E-state index contributed by atoms with van der Waals surface area (Å²) < 4.78 is 25.6. The van der Waals surface area contributed by atoms with E-state index in [0.29, 0.717) is 12.2 Å². The summed E-state index contributed by atoms with van der Waals surface area (Å²) in [4.78, 5) is 6.52. The fraction of sp³-hybridized carbons (Fsp3) is 0.556. The van der Waals surface area contributed by atoms with Gasteiger partial charge in [-0.15, -0.1) is 0 Å². The summed E-state index contributed by atoms with van der Waals surface area (Å²) in [5, 5.41) is 11.3. The van der Waals surface area contributed by atoms with Crippen molar-refractivity contribution in [3.05, 3.63) is 12.0 Å². The summed E-state index contributed by atoms with van der Waals surface area (Å²) >= 11 is 0.